The lowest BCUT2D eigenvalue weighted by atomic mass is 9.33. The molecule has 11 aliphatic rings. The van der Waals surface area contributed by atoms with Crippen molar-refractivity contribution in [3.63, 3.8) is 0 Å². The van der Waals surface area contributed by atoms with E-state index in [9.17, 15) is 106 Å². The van der Waals surface area contributed by atoms with Gasteiger partial charge in [0, 0.05) is 5.41 Å². The lowest BCUT2D eigenvalue weighted by Gasteiger charge is -2.72. The van der Waals surface area contributed by atoms with Crippen LogP contribution in [0.5, 0.6) is 0 Å². The van der Waals surface area contributed by atoms with Crippen LogP contribution >= 0.6 is 0 Å². The number of aliphatic hydroxyl groups excluding tert-OH is 18. The molecule has 5 aliphatic carbocycles. The Morgan fingerprint density at radius 1 is 0.487 bits per heavy atom. The van der Waals surface area contributed by atoms with E-state index in [1.807, 2.05) is 0 Å². The van der Waals surface area contributed by atoms with Gasteiger partial charge in [0.1, 0.15) is 121 Å². The predicted octanol–water partition coefficient (Wildman–Crippen LogP) is -4.15. The molecule has 4 unspecified atom stereocenters. The number of ether oxygens (including phenoxy) is 15. The van der Waals surface area contributed by atoms with Crippen molar-refractivity contribution in [3.05, 3.63) is 11.6 Å². The summed E-state index contributed by atoms with van der Waals surface area (Å²) < 4.78 is 89.0. The molecule has 0 aromatic rings. The summed E-state index contributed by atoms with van der Waals surface area (Å²) >= 11 is 0. The van der Waals surface area contributed by atoms with Gasteiger partial charge in [0.05, 0.1) is 88.4 Å². The number of esters is 4. The number of hydrogen-bond acceptors (Lipinski definition) is 37. The van der Waals surface area contributed by atoms with Gasteiger partial charge >= 0.3 is 23.9 Å². The molecule has 6 heterocycles. The number of allylic oxidation sites excluding steroid dienone is 2. The minimum Gasteiger partial charge on any atom is -0.462 e. The monoisotopic (exact) mass is 1630 g/mol. The fourth-order valence-corrected chi connectivity index (χ4v) is 20.7. The van der Waals surface area contributed by atoms with Crippen LogP contribution in [0.3, 0.4) is 0 Å². The number of rotatable bonds is 23. The Bertz CT molecular complexity index is 3300. The molecule has 0 amide bonds. The first-order chi connectivity index (χ1) is 52.8. The highest BCUT2D eigenvalue weighted by Crippen LogP contribution is 2.76. The van der Waals surface area contributed by atoms with E-state index in [1.165, 1.54) is 41.5 Å². The van der Waals surface area contributed by atoms with Crippen molar-refractivity contribution in [2.75, 3.05) is 26.4 Å². The second-order valence-electron chi connectivity index (χ2n) is 35.6. The molecule has 0 aromatic carbocycles. The smallest absolute Gasteiger partial charge is 0.317 e. The summed E-state index contributed by atoms with van der Waals surface area (Å²) in [5.41, 5.74) is -5.04. The first-order valence-corrected chi connectivity index (χ1v) is 39.5. The maximum atomic E-state index is 16.2. The molecule has 37 heteroatoms. The molecule has 42 atom stereocenters. The van der Waals surface area contributed by atoms with Crippen molar-refractivity contribution in [2.45, 2.75) is 362 Å². The van der Waals surface area contributed by atoms with E-state index in [2.05, 4.69) is 40.7 Å². The van der Waals surface area contributed by atoms with Crippen molar-refractivity contribution in [1.29, 1.82) is 0 Å². The van der Waals surface area contributed by atoms with E-state index in [-0.39, 0.29) is 31.6 Å². The van der Waals surface area contributed by atoms with Gasteiger partial charge in [-0.1, -0.05) is 53.2 Å². The average molecular weight is 1630 g/mol. The molecule has 10 fully saturated rings. The molecule has 4 saturated carbocycles. The third kappa shape index (κ3) is 17.2. The van der Waals surface area contributed by atoms with Gasteiger partial charge in [-0.2, -0.15) is 0 Å². The molecular weight excluding hydrogens is 1500 g/mol. The van der Waals surface area contributed by atoms with Crippen LogP contribution in [0.15, 0.2) is 11.6 Å². The van der Waals surface area contributed by atoms with E-state index in [1.54, 1.807) is 6.92 Å². The molecule has 648 valence electrons. The second kappa shape index (κ2) is 34.9. The zero-order valence-electron chi connectivity index (χ0n) is 65.9. The van der Waals surface area contributed by atoms with Crippen molar-refractivity contribution >= 4 is 23.9 Å². The molecule has 0 radical (unpaired) electrons. The van der Waals surface area contributed by atoms with Crippen LogP contribution in [0.4, 0.5) is 0 Å². The largest absolute Gasteiger partial charge is 0.462 e. The molecule has 18 N–H and O–H groups in total. The predicted molar refractivity (Wildman–Crippen MR) is 377 cm³/mol. The molecule has 11 rings (SSSR count). The third-order valence-electron chi connectivity index (χ3n) is 27.1. The Morgan fingerprint density at radius 2 is 1.03 bits per heavy atom. The normalized spacial score (nSPS) is 50.0. The standard InChI is InChI=1S/C76H122O37/c1-29(79)19-44(84)101-30(2)20-45(85)102-31(3)21-46(86)107-61-48(88)33(5)104-69(62(61)111-67-55(95)52(92)58(34(6)105-67)108-65-56(96)59(39(82)27-100-65)109-66-54(94)51(91)47(87)32(4)103-66)113-70(98)76-18-17-71(7,8)22-36(76)35-13-14-42-72(9)23-37(80)63(73(10,28-78)41(72)15-16-74(42,11)75(35,12)24-43(76)83)112-68-57(97)60(50(90)40(25-77)106-68)110-64-53(93)49(89)38(81)26-99-64/h13,29-34,36-43,47-69,77-83,87-97H,14-28H2,1-12H3/t29?,30?,31?,32-,33+,34-,36-,37-,38+,39+,40+,41?,42+,43+,47-,48-,49-,50+,51+,52-,53+,54+,55+,56+,57+,58-,59-,60-,61-,62+,63-,64-,65-,66-,67-,68-,69-,72-,73-,74+,75+,76+/m0/s1. The molecule has 0 spiro atoms. The Balaban J connectivity index is 0.850. The fraction of sp³-hybridized carbons (Fsp3) is 0.921. The number of carbonyl (C=O) groups excluding carboxylic acids is 4. The van der Waals surface area contributed by atoms with Crippen molar-refractivity contribution < 1.29 is 182 Å². The summed E-state index contributed by atoms with van der Waals surface area (Å²) in [6, 6.07) is 0. The second-order valence-corrected chi connectivity index (χ2v) is 35.6. The van der Waals surface area contributed by atoms with Gasteiger partial charge in [0.25, 0.3) is 0 Å². The molecule has 0 aromatic heterocycles. The number of fused-ring (bicyclic) bond motifs is 7. The van der Waals surface area contributed by atoms with Crippen molar-refractivity contribution in [2.24, 2.45) is 50.2 Å². The molecule has 37 nitrogen and oxygen atoms in total. The highest BCUT2D eigenvalue weighted by atomic mass is 16.8. The molecule has 0 bridgehead atoms. The zero-order chi connectivity index (χ0) is 83.2. The number of hydrogen-bond donors (Lipinski definition) is 18. The Labute approximate surface area is 654 Å². The third-order valence-corrected chi connectivity index (χ3v) is 27.1. The Hall–Kier alpha value is -3.54. The van der Waals surface area contributed by atoms with E-state index >= 15 is 4.79 Å². The van der Waals surface area contributed by atoms with Crippen molar-refractivity contribution in [3.8, 4) is 0 Å². The summed E-state index contributed by atoms with van der Waals surface area (Å²) in [5, 5.41) is 202. The number of aliphatic hydroxyl groups is 18. The maximum Gasteiger partial charge on any atom is 0.317 e. The quantitative estimate of drug-likeness (QED) is 0.0200. The van der Waals surface area contributed by atoms with Gasteiger partial charge in [-0.3, -0.25) is 19.2 Å². The SMILES string of the molecule is CC(O)CC(=O)OC(C)CC(=O)OC(C)CC(=O)O[C@H]1[C@@H](O)[C@@H](C)O[C@@H](OC(=O)[C@]23CCC(C)(C)C[C@H]2C2=CC[C@@H]4[C@@]5(C)C[C@H](O)[C@H](O[C@@H]6O[C@H](CO)[C@@H](O)[C@H](O[C@@H]7OC[C@@H](O)[C@H](O)[C@H]7O)[C@H]6O)[C@@](C)(CO)C5CC[C@@]4(C)[C@]2(C)C[C@H]3O)[C@@H]1O[C@@H]1O[C@@H](C)[C@H](O[C@@H]2OC[C@@H](O)[C@H](O[C@@H]3O[C@@H](C)[C@H](O)[C@@H](O)[C@H]3O)[C@H]2O)[C@@H](O)[C@H]1O. The van der Waals surface area contributed by atoms with Crippen molar-refractivity contribution in [1.82, 2.24) is 0 Å². The van der Waals surface area contributed by atoms with Gasteiger partial charge in [0.15, 0.2) is 43.7 Å². The van der Waals surface area contributed by atoms with Crippen LogP contribution in [-0.2, 0) is 90.2 Å². The summed E-state index contributed by atoms with van der Waals surface area (Å²) in [5.74, 6) is -5.20. The molecule has 6 saturated heterocycles. The van der Waals surface area contributed by atoms with Crippen LogP contribution in [-0.4, -0.2) is 351 Å². The first-order valence-electron chi connectivity index (χ1n) is 39.5. The Morgan fingerprint density at radius 3 is 1.66 bits per heavy atom. The van der Waals surface area contributed by atoms with Gasteiger partial charge in [-0.15, -0.1) is 0 Å². The van der Waals surface area contributed by atoms with Gasteiger partial charge < -0.3 is 163 Å². The first kappa shape index (κ1) is 90.2. The minimum atomic E-state index is -2.16. The van der Waals surface area contributed by atoms with Gasteiger partial charge in [0.2, 0.25) is 6.29 Å². The summed E-state index contributed by atoms with van der Waals surface area (Å²) in [7, 11) is 0. The molecule has 113 heavy (non-hydrogen) atoms. The highest BCUT2D eigenvalue weighted by Gasteiger charge is 2.74. The minimum absolute atomic E-state index is 0.00788. The summed E-state index contributed by atoms with van der Waals surface area (Å²) in [6.45, 7) is 18.1. The highest BCUT2D eigenvalue weighted by molar-refractivity contribution is 5.80. The van der Waals surface area contributed by atoms with Gasteiger partial charge in [-0.25, -0.2) is 0 Å². The maximum absolute atomic E-state index is 16.2. The lowest BCUT2D eigenvalue weighted by Crippen LogP contribution is -2.71. The van der Waals surface area contributed by atoms with E-state index in [4.69, 9.17) is 71.1 Å². The van der Waals surface area contributed by atoms with Crippen LogP contribution in [0.25, 0.3) is 0 Å². The molecular formula is C76H122O37. The van der Waals surface area contributed by atoms with Crippen LogP contribution < -0.4 is 0 Å². The molecule has 6 aliphatic heterocycles. The van der Waals surface area contributed by atoms with Crippen LogP contribution in [0.1, 0.15) is 154 Å². The number of carbonyl (C=O) groups is 4. The van der Waals surface area contributed by atoms with Gasteiger partial charge in [-0.05, 0) is 132 Å². The zero-order valence-corrected chi connectivity index (χ0v) is 65.9. The lowest BCUT2D eigenvalue weighted by molar-refractivity contribution is -0.380. The Kier molecular flexibility index (Phi) is 27.9. The van der Waals surface area contributed by atoms with E-state index in [0.717, 1.165) is 5.57 Å². The summed E-state index contributed by atoms with van der Waals surface area (Å²) in [4.78, 5) is 55.8. The van der Waals surface area contributed by atoms with Crippen LogP contribution in [0, 0.1) is 50.2 Å². The summed E-state index contributed by atoms with van der Waals surface area (Å²) in [6.07, 6.45) is -52.7. The average Bonchev–Trinajstić information content (AvgIpc) is 0.668. The van der Waals surface area contributed by atoms with E-state index in [0.29, 0.717) is 32.1 Å². The topological polar surface area (TPSA) is 571 Å². The fourth-order valence-electron chi connectivity index (χ4n) is 20.7. The van der Waals surface area contributed by atoms with Crippen LogP contribution in [0.2, 0.25) is 0 Å². The van der Waals surface area contributed by atoms with E-state index < -0.39 is 316 Å².